The van der Waals surface area contributed by atoms with E-state index in [2.05, 4.69) is 0 Å². The summed E-state index contributed by atoms with van der Waals surface area (Å²) in [6, 6.07) is 10.4. The van der Waals surface area contributed by atoms with Crippen LogP contribution in [0.5, 0.6) is 5.75 Å². The van der Waals surface area contributed by atoms with E-state index in [1.165, 1.54) is 6.07 Å². The molecule has 110 valence electrons. The van der Waals surface area contributed by atoms with Gasteiger partial charge in [0, 0.05) is 34.0 Å². The van der Waals surface area contributed by atoms with Crippen molar-refractivity contribution in [2.24, 2.45) is 0 Å². The van der Waals surface area contributed by atoms with Crippen LogP contribution >= 0.6 is 11.8 Å². The number of ether oxygens (including phenoxy) is 1. The third-order valence-electron chi connectivity index (χ3n) is 3.18. The number of nitrogens with zero attached hydrogens (tertiary/aromatic N) is 1. The van der Waals surface area contributed by atoms with Gasteiger partial charge in [-0.25, -0.2) is 0 Å². The minimum absolute atomic E-state index is 0.0655. The average Bonchev–Trinajstić information content (AvgIpc) is 2.48. The van der Waals surface area contributed by atoms with Gasteiger partial charge >= 0.3 is 0 Å². The normalized spacial score (nSPS) is 10.4. The predicted octanol–water partition coefficient (Wildman–Crippen LogP) is 3.79. The van der Waals surface area contributed by atoms with Crippen LogP contribution in [0.2, 0.25) is 0 Å². The van der Waals surface area contributed by atoms with Crippen molar-refractivity contribution in [3.63, 3.8) is 0 Å². The summed E-state index contributed by atoms with van der Waals surface area (Å²) in [4.78, 5) is 11.5. The van der Waals surface area contributed by atoms with Crippen molar-refractivity contribution < 1.29 is 9.66 Å². The van der Waals surface area contributed by atoms with Crippen LogP contribution in [0.15, 0.2) is 41.3 Å². The number of thioether (sulfide) groups is 1. The molecule has 0 saturated heterocycles. The van der Waals surface area contributed by atoms with Crippen molar-refractivity contribution >= 4 is 23.1 Å². The molecule has 0 fully saturated rings. The Morgan fingerprint density at radius 3 is 2.76 bits per heavy atom. The van der Waals surface area contributed by atoms with Crippen molar-refractivity contribution in [1.29, 1.82) is 0 Å². The molecule has 0 bridgehead atoms. The highest BCUT2D eigenvalue weighted by Gasteiger charge is 2.12. The number of nitro groups is 1. The molecule has 0 aliphatic carbocycles. The minimum Gasteiger partial charge on any atom is -0.496 e. The van der Waals surface area contributed by atoms with Gasteiger partial charge in [-0.15, -0.1) is 11.8 Å². The van der Waals surface area contributed by atoms with E-state index in [0.29, 0.717) is 11.5 Å². The van der Waals surface area contributed by atoms with Crippen LogP contribution in [-0.4, -0.2) is 12.0 Å². The van der Waals surface area contributed by atoms with Crippen LogP contribution in [-0.2, 0) is 5.75 Å². The molecule has 0 heterocycles. The minimum atomic E-state index is -0.403. The van der Waals surface area contributed by atoms with Crippen molar-refractivity contribution in [2.75, 3.05) is 12.8 Å². The summed E-state index contributed by atoms with van der Waals surface area (Å²) in [5, 5.41) is 10.9. The maximum Gasteiger partial charge on any atom is 0.270 e. The van der Waals surface area contributed by atoms with E-state index >= 15 is 0 Å². The van der Waals surface area contributed by atoms with Gasteiger partial charge < -0.3 is 10.5 Å². The fraction of sp³-hybridized carbons (Fsp3) is 0.200. The third kappa shape index (κ3) is 3.46. The molecule has 2 aromatic carbocycles. The summed E-state index contributed by atoms with van der Waals surface area (Å²) in [6.07, 6.45) is 0. The van der Waals surface area contributed by atoms with Crippen LogP contribution in [0.1, 0.15) is 11.1 Å². The number of hydrogen-bond acceptors (Lipinski definition) is 5. The SMILES string of the molecule is COc1ccc([N+](=O)[O-])cc1CSc1cccc(N)c1C. The highest BCUT2D eigenvalue weighted by atomic mass is 32.2. The quantitative estimate of drug-likeness (QED) is 0.393. The van der Waals surface area contributed by atoms with E-state index in [4.69, 9.17) is 10.5 Å². The fourth-order valence-electron chi connectivity index (χ4n) is 1.93. The molecule has 0 amide bonds. The highest BCUT2D eigenvalue weighted by molar-refractivity contribution is 7.98. The molecular formula is C15H16N2O3S. The van der Waals surface area contributed by atoms with Gasteiger partial charge in [0.1, 0.15) is 5.75 Å². The van der Waals surface area contributed by atoms with Crippen molar-refractivity contribution in [2.45, 2.75) is 17.6 Å². The maximum atomic E-state index is 10.9. The average molecular weight is 304 g/mol. The largest absolute Gasteiger partial charge is 0.496 e. The monoisotopic (exact) mass is 304 g/mol. The Hall–Kier alpha value is -2.21. The lowest BCUT2D eigenvalue weighted by Crippen LogP contribution is -1.95. The Balaban J connectivity index is 2.24. The molecule has 0 aliphatic rings. The summed E-state index contributed by atoms with van der Waals surface area (Å²) in [7, 11) is 1.56. The Morgan fingerprint density at radius 1 is 1.33 bits per heavy atom. The molecular weight excluding hydrogens is 288 g/mol. The van der Waals surface area contributed by atoms with Gasteiger partial charge in [0.2, 0.25) is 0 Å². The van der Waals surface area contributed by atoms with Gasteiger partial charge in [0.15, 0.2) is 0 Å². The van der Waals surface area contributed by atoms with Gasteiger partial charge in [-0.05, 0) is 30.7 Å². The second-order valence-electron chi connectivity index (χ2n) is 4.51. The smallest absolute Gasteiger partial charge is 0.270 e. The van der Waals surface area contributed by atoms with E-state index in [-0.39, 0.29) is 5.69 Å². The molecule has 6 heteroatoms. The molecule has 0 atom stereocenters. The lowest BCUT2D eigenvalue weighted by molar-refractivity contribution is -0.384. The Morgan fingerprint density at radius 2 is 2.10 bits per heavy atom. The van der Waals surface area contributed by atoms with Crippen LogP contribution in [0.3, 0.4) is 0 Å². The number of hydrogen-bond donors (Lipinski definition) is 1. The zero-order valence-electron chi connectivity index (χ0n) is 11.8. The van der Waals surface area contributed by atoms with Gasteiger partial charge in [-0.2, -0.15) is 0 Å². The number of nitrogens with two attached hydrogens (primary N) is 1. The van der Waals surface area contributed by atoms with E-state index in [1.54, 1.807) is 31.0 Å². The second kappa shape index (κ2) is 6.49. The molecule has 0 saturated carbocycles. The zero-order valence-corrected chi connectivity index (χ0v) is 12.6. The number of nitro benzene ring substituents is 1. The van der Waals surface area contributed by atoms with E-state index < -0.39 is 4.92 Å². The number of benzene rings is 2. The number of nitrogen functional groups attached to an aromatic ring is 1. The summed E-state index contributed by atoms with van der Waals surface area (Å²) in [5.74, 6) is 1.23. The van der Waals surface area contributed by atoms with Crippen LogP contribution < -0.4 is 10.5 Å². The Kier molecular flexibility index (Phi) is 4.70. The van der Waals surface area contributed by atoms with Crippen LogP contribution in [0, 0.1) is 17.0 Å². The first-order chi connectivity index (χ1) is 10.0. The second-order valence-corrected chi connectivity index (χ2v) is 5.53. The lowest BCUT2D eigenvalue weighted by atomic mass is 10.2. The topological polar surface area (TPSA) is 78.4 Å². The summed E-state index contributed by atoms with van der Waals surface area (Å²) in [5.41, 5.74) is 8.50. The summed E-state index contributed by atoms with van der Waals surface area (Å²) < 4.78 is 5.26. The van der Waals surface area contributed by atoms with Gasteiger partial charge in [0.25, 0.3) is 5.69 Å². The molecule has 21 heavy (non-hydrogen) atoms. The Bertz CT molecular complexity index is 674. The lowest BCUT2D eigenvalue weighted by Gasteiger charge is -2.10. The van der Waals surface area contributed by atoms with Crippen molar-refractivity contribution in [3.05, 3.63) is 57.6 Å². The first-order valence-corrected chi connectivity index (χ1v) is 7.30. The van der Waals surface area contributed by atoms with E-state index in [9.17, 15) is 10.1 Å². The first-order valence-electron chi connectivity index (χ1n) is 6.32. The molecule has 0 aliphatic heterocycles. The third-order valence-corrected chi connectivity index (χ3v) is 4.39. The van der Waals surface area contributed by atoms with Gasteiger partial charge in [-0.3, -0.25) is 10.1 Å². The first kappa shape index (κ1) is 15.2. The summed E-state index contributed by atoms with van der Waals surface area (Å²) >= 11 is 1.58. The number of methoxy groups -OCH3 is 1. The summed E-state index contributed by atoms with van der Waals surface area (Å²) in [6.45, 7) is 1.96. The highest BCUT2D eigenvalue weighted by Crippen LogP contribution is 2.33. The van der Waals surface area contributed by atoms with Crippen LogP contribution in [0.25, 0.3) is 0 Å². The molecule has 0 aromatic heterocycles. The zero-order chi connectivity index (χ0) is 15.4. The maximum absolute atomic E-state index is 10.9. The van der Waals surface area contributed by atoms with E-state index in [0.717, 1.165) is 21.7 Å². The molecule has 0 radical (unpaired) electrons. The van der Waals surface area contributed by atoms with Gasteiger partial charge in [0.05, 0.1) is 12.0 Å². The Labute approximate surface area is 127 Å². The molecule has 0 unspecified atom stereocenters. The van der Waals surface area contributed by atoms with Crippen molar-refractivity contribution in [3.8, 4) is 5.75 Å². The molecule has 5 nitrogen and oxygen atoms in total. The van der Waals surface area contributed by atoms with Crippen molar-refractivity contribution in [1.82, 2.24) is 0 Å². The van der Waals surface area contributed by atoms with E-state index in [1.807, 2.05) is 25.1 Å². The van der Waals surface area contributed by atoms with Gasteiger partial charge in [-0.1, -0.05) is 6.07 Å². The standard InChI is InChI=1S/C15H16N2O3S/c1-10-13(16)4-3-5-15(10)21-9-11-8-12(17(18)19)6-7-14(11)20-2/h3-8H,9,16H2,1-2H3. The number of non-ortho nitro benzene ring substituents is 1. The fourth-order valence-corrected chi connectivity index (χ4v) is 2.98. The van der Waals surface area contributed by atoms with Crippen LogP contribution in [0.4, 0.5) is 11.4 Å². The number of rotatable bonds is 5. The molecule has 2 N–H and O–H groups in total. The molecule has 0 spiro atoms. The predicted molar refractivity (Wildman–Crippen MR) is 84.8 cm³/mol. The number of anilines is 1. The molecule has 2 aromatic rings. The molecule has 2 rings (SSSR count).